The van der Waals surface area contributed by atoms with Crippen molar-refractivity contribution >= 4 is 32.3 Å². The number of sulfonamides is 1. The summed E-state index contributed by atoms with van der Waals surface area (Å²) >= 11 is 1.39. The van der Waals surface area contributed by atoms with E-state index in [4.69, 9.17) is 0 Å². The molecule has 0 saturated carbocycles. The first-order chi connectivity index (χ1) is 14.5. The number of piperazine rings is 1. The van der Waals surface area contributed by atoms with Crippen molar-refractivity contribution in [2.24, 2.45) is 0 Å². The van der Waals surface area contributed by atoms with Gasteiger partial charge in [0.25, 0.3) is 0 Å². The molecule has 1 fully saturated rings. The number of thiazole rings is 1. The fraction of sp³-hybridized carbons (Fsp3) is 0.300. The van der Waals surface area contributed by atoms with Crippen LogP contribution in [0.15, 0.2) is 54.0 Å². The van der Waals surface area contributed by atoms with Crippen molar-refractivity contribution in [1.82, 2.24) is 14.3 Å². The van der Waals surface area contributed by atoms with E-state index >= 15 is 0 Å². The summed E-state index contributed by atoms with van der Waals surface area (Å²) in [5.41, 5.74) is 1.55. The Hall–Kier alpha value is -2.56. The average molecular weight is 448 g/mol. The summed E-state index contributed by atoms with van der Waals surface area (Å²) in [6.07, 6.45) is 1.74. The lowest BCUT2D eigenvalue weighted by atomic mass is 10.2. The molecule has 3 heterocycles. The third kappa shape index (κ3) is 4.94. The first kappa shape index (κ1) is 20.7. The second-order valence-corrected chi connectivity index (χ2v) is 9.81. The van der Waals surface area contributed by atoms with Crippen LogP contribution < -0.4 is 10.2 Å². The van der Waals surface area contributed by atoms with Gasteiger partial charge in [0.2, 0.25) is 10.0 Å². The van der Waals surface area contributed by atoms with E-state index in [-0.39, 0.29) is 18.1 Å². The quantitative estimate of drug-likeness (QED) is 0.600. The Morgan fingerprint density at radius 3 is 2.53 bits per heavy atom. The van der Waals surface area contributed by atoms with Crippen LogP contribution in [0.4, 0.5) is 15.3 Å². The van der Waals surface area contributed by atoms with Crippen LogP contribution in [-0.4, -0.2) is 61.2 Å². The minimum absolute atomic E-state index is 0.00203. The normalized spacial score (nSPS) is 15.3. The van der Waals surface area contributed by atoms with Gasteiger partial charge in [-0.05, 0) is 36.4 Å². The first-order valence-electron chi connectivity index (χ1n) is 9.60. The zero-order valence-corrected chi connectivity index (χ0v) is 17.9. The maximum absolute atomic E-state index is 13.1. The minimum atomic E-state index is -3.35. The highest BCUT2D eigenvalue weighted by atomic mass is 32.2. The number of halogens is 1. The summed E-state index contributed by atoms with van der Waals surface area (Å²) in [4.78, 5) is 10.9. The molecule has 1 aliphatic rings. The molecule has 2 aromatic heterocycles. The predicted molar refractivity (Wildman–Crippen MR) is 118 cm³/mol. The number of nitrogens with one attached hydrogen (secondary N) is 1. The van der Waals surface area contributed by atoms with Crippen molar-refractivity contribution in [2.75, 3.05) is 48.7 Å². The highest BCUT2D eigenvalue weighted by Crippen LogP contribution is 2.25. The van der Waals surface area contributed by atoms with Gasteiger partial charge in [0.1, 0.15) is 11.6 Å². The highest BCUT2D eigenvalue weighted by molar-refractivity contribution is 7.89. The van der Waals surface area contributed by atoms with Crippen molar-refractivity contribution in [3.05, 3.63) is 59.9 Å². The van der Waals surface area contributed by atoms with Gasteiger partial charge in [-0.25, -0.2) is 22.8 Å². The molecule has 30 heavy (non-hydrogen) atoms. The number of nitrogens with zero attached hydrogens (tertiary/aromatic N) is 4. The van der Waals surface area contributed by atoms with Crippen LogP contribution in [0.5, 0.6) is 0 Å². The van der Waals surface area contributed by atoms with Gasteiger partial charge in [-0.2, -0.15) is 4.31 Å². The zero-order chi connectivity index (χ0) is 21.0. The molecule has 0 amide bonds. The van der Waals surface area contributed by atoms with Crippen LogP contribution in [0.1, 0.15) is 0 Å². The zero-order valence-electron chi connectivity index (χ0n) is 16.2. The molecular weight excluding hydrogens is 425 g/mol. The van der Waals surface area contributed by atoms with E-state index in [0.717, 1.165) is 17.1 Å². The van der Waals surface area contributed by atoms with Gasteiger partial charge in [0, 0.05) is 49.9 Å². The molecular formula is C20H22FN5O2S2. The van der Waals surface area contributed by atoms with Crippen LogP contribution in [0.2, 0.25) is 0 Å². The van der Waals surface area contributed by atoms with Crippen LogP contribution in [0.25, 0.3) is 11.3 Å². The Bertz CT molecular complexity index is 1070. The van der Waals surface area contributed by atoms with Crippen molar-refractivity contribution in [3.8, 4) is 11.3 Å². The third-order valence-electron chi connectivity index (χ3n) is 4.89. The topological polar surface area (TPSA) is 78.4 Å². The predicted octanol–water partition coefficient (Wildman–Crippen LogP) is 2.91. The number of hydrogen-bond acceptors (Lipinski definition) is 7. The minimum Gasteiger partial charge on any atom is -0.360 e. The maximum atomic E-state index is 13.1. The van der Waals surface area contributed by atoms with Crippen LogP contribution in [-0.2, 0) is 10.0 Å². The first-order valence-corrected chi connectivity index (χ1v) is 12.1. The van der Waals surface area contributed by atoms with E-state index < -0.39 is 10.0 Å². The number of rotatable bonds is 7. The molecule has 10 heteroatoms. The second-order valence-electron chi connectivity index (χ2n) is 6.86. The summed E-state index contributed by atoms with van der Waals surface area (Å²) < 4.78 is 39.9. The van der Waals surface area contributed by atoms with Crippen LogP contribution in [0, 0.1) is 5.82 Å². The van der Waals surface area contributed by atoms with E-state index in [2.05, 4.69) is 20.2 Å². The number of pyridine rings is 1. The Morgan fingerprint density at radius 2 is 1.83 bits per heavy atom. The largest absolute Gasteiger partial charge is 0.360 e. The molecule has 0 radical (unpaired) electrons. The SMILES string of the molecule is O=S(=O)(CCNc1nc(-c2ccc(F)cc2)cs1)N1CCN(c2ccccn2)CC1. The molecule has 158 valence electrons. The fourth-order valence-corrected chi connectivity index (χ4v) is 5.35. The Morgan fingerprint density at radius 1 is 1.07 bits per heavy atom. The standard InChI is InChI=1S/C20H22FN5O2S2/c21-17-6-4-16(5-7-17)18-15-29-20(24-18)23-9-14-30(27,28)26-12-10-25(11-13-26)19-3-1-2-8-22-19/h1-8,15H,9-14H2,(H,23,24). The molecule has 1 saturated heterocycles. The molecule has 1 aliphatic heterocycles. The molecule has 0 atom stereocenters. The lowest BCUT2D eigenvalue weighted by molar-refractivity contribution is 0.384. The summed E-state index contributed by atoms with van der Waals surface area (Å²) in [6, 6.07) is 11.8. The van der Waals surface area contributed by atoms with Gasteiger partial charge in [-0.3, -0.25) is 0 Å². The van der Waals surface area contributed by atoms with Gasteiger partial charge in [-0.15, -0.1) is 11.3 Å². The Kier molecular flexibility index (Phi) is 6.26. The number of aromatic nitrogens is 2. The second kappa shape index (κ2) is 9.07. The van der Waals surface area contributed by atoms with Gasteiger partial charge in [0.05, 0.1) is 11.4 Å². The highest BCUT2D eigenvalue weighted by Gasteiger charge is 2.27. The van der Waals surface area contributed by atoms with Gasteiger partial charge < -0.3 is 10.2 Å². The van der Waals surface area contributed by atoms with E-state index in [1.165, 1.54) is 23.5 Å². The van der Waals surface area contributed by atoms with E-state index in [1.807, 2.05) is 23.6 Å². The lowest BCUT2D eigenvalue weighted by Crippen LogP contribution is -2.50. The molecule has 0 bridgehead atoms. The van der Waals surface area contributed by atoms with E-state index in [0.29, 0.717) is 31.3 Å². The van der Waals surface area contributed by atoms with Gasteiger partial charge in [0.15, 0.2) is 5.13 Å². The van der Waals surface area contributed by atoms with Crippen molar-refractivity contribution in [2.45, 2.75) is 0 Å². The summed E-state index contributed by atoms with van der Waals surface area (Å²) in [5, 5.41) is 5.59. The van der Waals surface area contributed by atoms with Crippen molar-refractivity contribution < 1.29 is 12.8 Å². The molecule has 0 unspecified atom stereocenters. The monoisotopic (exact) mass is 447 g/mol. The lowest BCUT2D eigenvalue weighted by Gasteiger charge is -2.34. The Balaban J connectivity index is 1.27. The Labute approximate surface area is 179 Å². The van der Waals surface area contributed by atoms with Crippen LogP contribution >= 0.6 is 11.3 Å². The third-order valence-corrected chi connectivity index (χ3v) is 7.56. The molecule has 0 spiro atoms. The van der Waals surface area contributed by atoms with Gasteiger partial charge in [-0.1, -0.05) is 6.07 Å². The van der Waals surface area contributed by atoms with Gasteiger partial charge >= 0.3 is 0 Å². The molecule has 3 aromatic rings. The molecule has 4 rings (SSSR count). The average Bonchev–Trinajstić information content (AvgIpc) is 3.24. The smallest absolute Gasteiger partial charge is 0.215 e. The number of benzene rings is 1. The summed E-state index contributed by atoms with van der Waals surface area (Å²) in [6.45, 7) is 2.42. The molecule has 7 nitrogen and oxygen atoms in total. The fourth-order valence-electron chi connectivity index (χ4n) is 3.26. The molecule has 0 aliphatic carbocycles. The summed E-state index contributed by atoms with van der Waals surface area (Å²) in [5.74, 6) is 0.581. The summed E-state index contributed by atoms with van der Waals surface area (Å²) in [7, 11) is -3.35. The van der Waals surface area contributed by atoms with E-state index in [1.54, 1.807) is 22.6 Å². The van der Waals surface area contributed by atoms with Crippen molar-refractivity contribution in [1.29, 1.82) is 0 Å². The van der Waals surface area contributed by atoms with E-state index in [9.17, 15) is 12.8 Å². The van der Waals surface area contributed by atoms with Crippen molar-refractivity contribution in [3.63, 3.8) is 0 Å². The molecule has 1 aromatic carbocycles. The number of anilines is 2. The van der Waals surface area contributed by atoms with Crippen LogP contribution in [0.3, 0.4) is 0 Å². The molecule has 1 N–H and O–H groups in total. The maximum Gasteiger partial charge on any atom is 0.215 e. The number of hydrogen-bond donors (Lipinski definition) is 1.